The number of benzene rings is 1. The summed E-state index contributed by atoms with van der Waals surface area (Å²) in [5.41, 5.74) is 0. The molecule has 1 N–H and O–H groups in total. The fraction of sp³-hybridized carbons (Fsp3) is 0.125. The number of esters is 1. The average Bonchev–Trinajstić information content (AvgIpc) is 1.96. The predicted octanol–water partition coefficient (Wildman–Crippen LogP) is 2.17. The molecule has 0 saturated heterocycles. The molecule has 1 aromatic carbocycles. The average molecular weight is 285 g/mol. The molecule has 1 rings (SSSR count). The number of rotatable bonds is 2. The van der Waals surface area contributed by atoms with Crippen LogP contribution in [0.1, 0.15) is 6.92 Å². The van der Waals surface area contributed by atoms with Gasteiger partial charge in [-0.3, -0.25) is 9.35 Å². The smallest absolute Gasteiger partial charge is 0.308 e. The Balaban J connectivity index is 3.34. The van der Waals surface area contributed by atoms with Crippen LogP contribution in [0.25, 0.3) is 0 Å². The van der Waals surface area contributed by atoms with E-state index >= 15 is 0 Å². The first-order valence-electron chi connectivity index (χ1n) is 3.87. The highest BCUT2D eigenvalue weighted by molar-refractivity contribution is 7.86. The van der Waals surface area contributed by atoms with Gasteiger partial charge in [0.25, 0.3) is 10.1 Å². The van der Waals surface area contributed by atoms with E-state index in [9.17, 15) is 13.2 Å². The minimum Gasteiger partial charge on any atom is -0.427 e. The molecule has 0 aliphatic rings. The molecule has 0 bridgehead atoms. The molecule has 0 aromatic heterocycles. The summed E-state index contributed by atoms with van der Waals surface area (Å²) < 4.78 is 35.3. The van der Waals surface area contributed by atoms with E-state index in [2.05, 4.69) is 4.74 Å². The Morgan fingerprint density at radius 2 is 1.75 bits per heavy atom. The Morgan fingerprint density at radius 3 is 2.06 bits per heavy atom. The van der Waals surface area contributed by atoms with Gasteiger partial charge in [0.2, 0.25) is 0 Å². The minimum atomic E-state index is -4.51. The summed E-state index contributed by atoms with van der Waals surface area (Å²) in [4.78, 5) is 10.0. The monoisotopic (exact) mass is 284 g/mol. The molecule has 0 atom stereocenters. The highest BCUT2D eigenvalue weighted by Gasteiger charge is 2.20. The quantitative estimate of drug-likeness (QED) is 0.511. The van der Waals surface area contributed by atoms with E-state index < -0.39 is 21.0 Å². The first-order valence-corrected chi connectivity index (χ1v) is 6.06. The second-order valence-corrected chi connectivity index (χ2v) is 4.96. The maximum Gasteiger partial charge on any atom is 0.308 e. The molecule has 0 aliphatic heterocycles. The van der Waals surface area contributed by atoms with Crippen LogP contribution < -0.4 is 4.74 Å². The van der Waals surface area contributed by atoms with Crippen molar-refractivity contribution in [1.29, 1.82) is 0 Å². The Bertz CT molecular complexity index is 514. The van der Waals surface area contributed by atoms with Gasteiger partial charge in [-0.1, -0.05) is 23.2 Å². The van der Waals surface area contributed by atoms with Gasteiger partial charge >= 0.3 is 5.97 Å². The van der Waals surface area contributed by atoms with Gasteiger partial charge in [-0.25, -0.2) is 0 Å². The van der Waals surface area contributed by atoms with Crippen molar-refractivity contribution in [3.8, 4) is 5.75 Å². The molecule has 8 heteroatoms. The van der Waals surface area contributed by atoms with E-state index in [4.69, 9.17) is 27.8 Å². The minimum absolute atomic E-state index is 0.00472. The maximum atomic E-state index is 10.9. The summed E-state index contributed by atoms with van der Waals surface area (Å²) in [5, 5.41) is -0.655. The molecule has 0 aliphatic carbocycles. The normalized spacial score (nSPS) is 11.2. The van der Waals surface area contributed by atoms with Gasteiger partial charge in [0.1, 0.15) is 10.6 Å². The van der Waals surface area contributed by atoms with Crippen LogP contribution in [-0.4, -0.2) is 18.9 Å². The van der Waals surface area contributed by atoms with Gasteiger partial charge < -0.3 is 4.74 Å². The number of carbonyl (C=O) groups is 1. The SMILES string of the molecule is CC(=O)Oc1cc(Cl)c(S(=O)(=O)O)c(Cl)c1. The molecule has 0 saturated carbocycles. The summed E-state index contributed by atoms with van der Waals surface area (Å²) in [5.74, 6) is -0.610. The van der Waals surface area contributed by atoms with E-state index in [1.165, 1.54) is 6.92 Å². The highest BCUT2D eigenvalue weighted by Crippen LogP contribution is 2.33. The van der Waals surface area contributed by atoms with Gasteiger partial charge in [0.15, 0.2) is 0 Å². The zero-order valence-electron chi connectivity index (χ0n) is 7.90. The van der Waals surface area contributed by atoms with E-state index in [-0.39, 0.29) is 15.8 Å². The van der Waals surface area contributed by atoms with Crippen LogP contribution >= 0.6 is 23.2 Å². The van der Waals surface area contributed by atoms with Crippen LogP contribution in [0.5, 0.6) is 5.75 Å². The Kier molecular flexibility index (Phi) is 3.80. The van der Waals surface area contributed by atoms with E-state index in [1.54, 1.807) is 0 Å². The molecular formula is C8H6Cl2O5S. The van der Waals surface area contributed by atoms with Gasteiger partial charge in [-0.2, -0.15) is 8.42 Å². The molecule has 0 unspecified atom stereocenters. The first kappa shape index (κ1) is 13.2. The fourth-order valence-corrected chi connectivity index (χ4v) is 2.67. The number of hydrogen-bond donors (Lipinski definition) is 1. The molecule has 16 heavy (non-hydrogen) atoms. The first-order chi connectivity index (χ1) is 7.21. The summed E-state index contributed by atoms with van der Waals surface area (Å²) in [7, 11) is -4.51. The third kappa shape index (κ3) is 3.08. The van der Waals surface area contributed by atoms with E-state index in [0.717, 1.165) is 12.1 Å². The summed E-state index contributed by atoms with van der Waals surface area (Å²) in [6.07, 6.45) is 0. The van der Waals surface area contributed by atoms with Gasteiger partial charge in [0.05, 0.1) is 10.0 Å². The van der Waals surface area contributed by atoms with E-state index in [1.807, 2.05) is 0 Å². The lowest BCUT2D eigenvalue weighted by Gasteiger charge is -2.06. The van der Waals surface area contributed by atoms with Crippen LogP contribution in [0.2, 0.25) is 10.0 Å². The second kappa shape index (κ2) is 4.58. The second-order valence-electron chi connectivity index (χ2n) is 2.78. The molecule has 0 spiro atoms. The largest absolute Gasteiger partial charge is 0.427 e. The van der Waals surface area contributed by atoms with E-state index in [0.29, 0.717) is 0 Å². The molecule has 88 valence electrons. The number of hydrogen-bond acceptors (Lipinski definition) is 4. The molecule has 5 nitrogen and oxygen atoms in total. The molecule has 0 radical (unpaired) electrons. The molecule has 0 heterocycles. The Morgan fingerprint density at radius 1 is 1.31 bits per heavy atom. The van der Waals surface area contributed by atoms with Crippen molar-refractivity contribution in [3.63, 3.8) is 0 Å². The van der Waals surface area contributed by atoms with Crippen molar-refractivity contribution >= 4 is 39.3 Å². The van der Waals surface area contributed by atoms with Crippen molar-refractivity contribution in [3.05, 3.63) is 22.2 Å². The van der Waals surface area contributed by atoms with Crippen LogP contribution in [-0.2, 0) is 14.9 Å². The lowest BCUT2D eigenvalue weighted by atomic mass is 10.3. The standard InChI is InChI=1S/C8H6Cl2O5S/c1-4(11)15-5-2-6(9)8(7(10)3-5)16(12,13)14/h2-3H,1H3,(H,12,13,14). The van der Waals surface area contributed by atoms with Crippen molar-refractivity contribution in [2.24, 2.45) is 0 Å². The maximum absolute atomic E-state index is 10.9. The van der Waals surface area contributed by atoms with Gasteiger partial charge in [-0.05, 0) is 0 Å². The Hall–Kier alpha value is -0.820. The fourth-order valence-electron chi connectivity index (χ4n) is 1.01. The number of carbonyl (C=O) groups excluding carboxylic acids is 1. The van der Waals surface area contributed by atoms with Crippen molar-refractivity contribution in [2.75, 3.05) is 0 Å². The van der Waals surface area contributed by atoms with Gasteiger partial charge in [-0.15, -0.1) is 0 Å². The number of ether oxygens (including phenoxy) is 1. The third-order valence-electron chi connectivity index (χ3n) is 1.49. The molecular weight excluding hydrogens is 279 g/mol. The summed E-state index contributed by atoms with van der Waals surface area (Å²) >= 11 is 11.2. The van der Waals surface area contributed by atoms with Crippen molar-refractivity contribution < 1.29 is 22.5 Å². The molecule has 0 fully saturated rings. The lowest BCUT2D eigenvalue weighted by molar-refractivity contribution is -0.131. The molecule has 1 aromatic rings. The zero-order chi connectivity index (χ0) is 12.5. The third-order valence-corrected chi connectivity index (χ3v) is 3.27. The lowest BCUT2D eigenvalue weighted by Crippen LogP contribution is -2.04. The van der Waals surface area contributed by atoms with Crippen LogP contribution in [0.15, 0.2) is 17.0 Å². The molecule has 0 amide bonds. The van der Waals surface area contributed by atoms with Crippen molar-refractivity contribution in [1.82, 2.24) is 0 Å². The number of halogens is 2. The zero-order valence-corrected chi connectivity index (χ0v) is 10.2. The van der Waals surface area contributed by atoms with Crippen LogP contribution in [0, 0.1) is 0 Å². The Labute approximate surface area is 102 Å². The summed E-state index contributed by atoms with van der Waals surface area (Å²) in [6, 6.07) is 2.13. The van der Waals surface area contributed by atoms with Crippen LogP contribution in [0.3, 0.4) is 0 Å². The van der Waals surface area contributed by atoms with Crippen LogP contribution in [0.4, 0.5) is 0 Å². The predicted molar refractivity (Wildman–Crippen MR) is 57.6 cm³/mol. The highest BCUT2D eigenvalue weighted by atomic mass is 35.5. The topological polar surface area (TPSA) is 80.7 Å². The van der Waals surface area contributed by atoms with Crippen molar-refractivity contribution in [2.45, 2.75) is 11.8 Å². The van der Waals surface area contributed by atoms with Gasteiger partial charge in [0, 0.05) is 19.1 Å². The summed E-state index contributed by atoms with van der Waals surface area (Å²) in [6.45, 7) is 1.17.